The molecule has 0 amide bonds. The molecule has 0 aromatic carbocycles. The van der Waals surface area contributed by atoms with Crippen molar-refractivity contribution in [1.82, 2.24) is 0 Å². The van der Waals surface area contributed by atoms with Gasteiger partial charge in [-0.15, -0.1) is 0 Å². The van der Waals surface area contributed by atoms with Crippen LogP contribution in [0, 0.1) is 5.92 Å². The molecule has 1 N–H and O–H groups in total. The van der Waals surface area contributed by atoms with Gasteiger partial charge in [0.05, 0.1) is 0 Å². The summed E-state index contributed by atoms with van der Waals surface area (Å²) >= 11 is 0. The average molecular weight is 146 g/mol. The quantitative estimate of drug-likeness (QED) is 0.612. The predicted octanol–water partition coefficient (Wildman–Crippen LogP) is 1.78. The highest BCUT2D eigenvalue weighted by atomic mass is 16.6. The van der Waals surface area contributed by atoms with E-state index in [2.05, 4.69) is 0 Å². The molecule has 0 radical (unpaired) electrons. The monoisotopic (exact) mass is 146 g/mol. The van der Waals surface area contributed by atoms with Gasteiger partial charge < -0.3 is 9.84 Å². The third-order valence-corrected chi connectivity index (χ3v) is 1.67. The first-order chi connectivity index (χ1) is 4.50. The lowest BCUT2D eigenvalue weighted by Crippen LogP contribution is -2.34. The Kier molecular flexibility index (Phi) is 3.91. The van der Waals surface area contributed by atoms with E-state index in [0.29, 0.717) is 6.61 Å². The summed E-state index contributed by atoms with van der Waals surface area (Å²) in [6, 6.07) is 0. The van der Waals surface area contributed by atoms with E-state index < -0.39 is 5.79 Å². The SMILES string of the molecule is CCCOC(C)(O)C(C)C. The van der Waals surface area contributed by atoms with E-state index in [1.54, 1.807) is 6.92 Å². The zero-order chi connectivity index (χ0) is 8.20. The first kappa shape index (κ1) is 9.92. The molecular weight excluding hydrogens is 128 g/mol. The van der Waals surface area contributed by atoms with Crippen LogP contribution < -0.4 is 0 Å². The molecule has 0 aliphatic heterocycles. The molecule has 0 aliphatic carbocycles. The molecule has 0 aromatic rings. The smallest absolute Gasteiger partial charge is 0.164 e. The van der Waals surface area contributed by atoms with Gasteiger partial charge in [0.15, 0.2) is 5.79 Å². The molecule has 0 bridgehead atoms. The van der Waals surface area contributed by atoms with Crippen LogP contribution in [0.2, 0.25) is 0 Å². The summed E-state index contributed by atoms with van der Waals surface area (Å²) in [6.45, 7) is 8.24. The van der Waals surface area contributed by atoms with Crippen LogP contribution in [0.4, 0.5) is 0 Å². The lowest BCUT2D eigenvalue weighted by molar-refractivity contribution is -0.216. The maximum absolute atomic E-state index is 9.50. The van der Waals surface area contributed by atoms with E-state index in [9.17, 15) is 5.11 Å². The van der Waals surface area contributed by atoms with E-state index in [1.807, 2.05) is 20.8 Å². The van der Waals surface area contributed by atoms with Gasteiger partial charge in [0, 0.05) is 12.5 Å². The summed E-state index contributed by atoms with van der Waals surface area (Å²) in [7, 11) is 0. The van der Waals surface area contributed by atoms with Crippen LogP contribution >= 0.6 is 0 Å². The molecule has 0 heterocycles. The Labute approximate surface area is 63.2 Å². The van der Waals surface area contributed by atoms with Crippen LogP contribution in [0.3, 0.4) is 0 Å². The summed E-state index contributed by atoms with van der Waals surface area (Å²) in [5.74, 6) is -0.797. The van der Waals surface area contributed by atoms with Crippen molar-refractivity contribution in [2.45, 2.75) is 39.9 Å². The van der Waals surface area contributed by atoms with Gasteiger partial charge in [-0.05, 0) is 13.3 Å². The van der Waals surface area contributed by atoms with E-state index in [4.69, 9.17) is 4.74 Å². The second-order valence-electron chi connectivity index (χ2n) is 3.06. The Hall–Kier alpha value is -0.0800. The first-order valence-corrected chi connectivity index (χ1v) is 3.87. The average Bonchev–Trinajstić information content (AvgIpc) is 1.84. The van der Waals surface area contributed by atoms with Crippen molar-refractivity contribution in [1.29, 1.82) is 0 Å². The minimum absolute atomic E-state index is 0.152. The molecule has 1 unspecified atom stereocenters. The molecule has 0 spiro atoms. The fraction of sp³-hybridized carbons (Fsp3) is 1.00. The Bertz CT molecular complexity index is 87.3. The van der Waals surface area contributed by atoms with Crippen LogP contribution in [-0.2, 0) is 4.74 Å². The zero-order valence-corrected chi connectivity index (χ0v) is 7.35. The highest BCUT2D eigenvalue weighted by Crippen LogP contribution is 2.17. The Morgan fingerprint density at radius 2 is 2.00 bits per heavy atom. The fourth-order valence-corrected chi connectivity index (χ4v) is 0.475. The largest absolute Gasteiger partial charge is 0.365 e. The van der Waals surface area contributed by atoms with E-state index in [-0.39, 0.29) is 5.92 Å². The maximum atomic E-state index is 9.50. The van der Waals surface area contributed by atoms with E-state index in [0.717, 1.165) is 6.42 Å². The fourth-order valence-electron chi connectivity index (χ4n) is 0.475. The van der Waals surface area contributed by atoms with Gasteiger partial charge in [-0.3, -0.25) is 0 Å². The number of ether oxygens (including phenoxy) is 1. The van der Waals surface area contributed by atoms with Crippen molar-refractivity contribution in [2.24, 2.45) is 5.92 Å². The highest BCUT2D eigenvalue weighted by molar-refractivity contribution is 4.63. The predicted molar refractivity (Wildman–Crippen MR) is 41.7 cm³/mol. The Morgan fingerprint density at radius 1 is 1.50 bits per heavy atom. The highest BCUT2D eigenvalue weighted by Gasteiger charge is 2.24. The molecular formula is C8H18O2. The topological polar surface area (TPSA) is 29.5 Å². The molecule has 0 saturated heterocycles. The second-order valence-corrected chi connectivity index (χ2v) is 3.06. The molecule has 10 heavy (non-hydrogen) atoms. The molecule has 62 valence electrons. The molecule has 2 heteroatoms. The number of hydrogen-bond donors (Lipinski definition) is 1. The molecule has 1 atom stereocenters. The normalized spacial score (nSPS) is 17.4. The van der Waals surface area contributed by atoms with Crippen LogP contribution in [0.1, 0.15) is 34.1 Å². The van der Waals surface area contributed by atoms with Crippen LogP contribution in [0.25, 0.3) is 0 Å². The molecule has 0 aliphatic rings. The number of aliphatic hydroxyl groups is 1. The summed E-state index contributed by atoms with van der Waals surface area (Å²) < 4.78 is 5.20. The van der Waals surface area contributed by atoms with Crippen LogP contribution in [0.5, 0.6) is 0 Å². The lowest BCUT2D eigenvalue weighted by Gasteiger charge is -2.27. The Morgan fingerprint density at radius 3 is 2.30 bits per heavy atom. The lowest BCUT2D eigenvalue weighted by atomic mass is 10.1. The van der Waals surface area contributed by atoms with Crippen LogP contribution in [-0.4, -0.2) is 17.5 Å². The van der Waals surface area contributed by atoms with Gasteiger partial charge >= 0.3 is 0 Å². The van der Waals surface area contributed by atoms with Gasteiger partial charge in [0.1, 0.15) is 0 Å². The van der Waals surface area contributed by atoms with Crippen molar-refractivity contribution in [3.8, 4) is 0 Å². The first-order valence-electron chi connectivity index (χ1n) is 3.87. The Balaban J connectivity index is 3.63. The van der Waals surface area contributed by atoms with E-state index in [1.165, 1.54) is 0 Å². The summed E-state index contributed by atoms with van der Waals surface area (Å²) in [6.07, 6.45) is 0.947. The van der Waals surface area contributed by atoms with Crippen LogP contribution in [0.15, 0.2) is 0 Å². The molecule has 0 saturated carbocycles. The van der Waals surface area contributed by atoms with Gasteiger partial charge in [0.25, 0.3) is 0 Å². The summed E-state index contributed by atoms with van der Waals surface area (Å²) in [5, 5.41) is 9.50. The van der Waals surface area contributed by atoms with Crippen molar-refractivity contribution in [3.63, 3.8) is 0 Å². The van der Waals surface area contributed by atoms with Crippen molar-refractivity contribution < 1.29 is 9.84 Å². The molecule has 0 fully saturated rings. The standard InChI is InChI=1S/C8H18O2/c1-5-6-10-8(4,9)7(2)3/h7,9H,5-6H2,1-4H3. The number of hydrogen-bond acceptors (Lipinski definition) is 2. The minimum atomic E-state index is -0.948. The van der Waals surface area contributed by atoms with Gasteiger partial charge in [-0.2, -0.15) is 0 Å². The van der Waals surface area contributed by atoms with Gasteiger partial charge in [-0.1, -0.05) is 20.8 Å². The van der Waals surface area contributed by atoms with Gasteiger partial charge in [-0.25, -0.2) is 0 Å². The van der Waals surface area contributed by atoms with Crippen molar-refractivity contribution >= 4 is 0 Å². The second kappa shape index (κ2) is 3.94. The number of rotatable bonds is 4. The molecule has 0 aromatic heterocycles. The maximum Gasteiger partial charge on any atom is 0.164 e. The third-order valence-electron chi connectivity index (χ3n) is 1.67. The third kappa shape index (κ3) is 3.18. The zero-order valence-electron chi connectivity index (χ0n) is 7.35. The van der Waals surface area contributed by atoms with Crippen molar-refractivity contribution in [3.05, 3.63) is 0 Å². The minimum Gasteiger partial charge on any atom is -0.365 e. The van der Waals surface area contributed by atoms with Crippen molar-refractivity contribution in [2.75, 3.05) is 6.61 Å². The van der Waals surface area contributed by atoms with Gasteiger partial charge in [0.2, 0.25) is 0 Å². The summed E-state index contributed by atoms with van der Waals surface area (Å²) in [5.41, 5.74) is 0. The summed E-state index contributed by atoms with van der Waals surface area (Å²) in [4.78, 5) is 0. The molecule has 2 nitrogen and oxygen atoms in total. The molecule has 0 rings (SSSR count). The van der Waals surface area contributed by atoms with E-state index >= 15 is 0 Å².